The third kappa shape index (κ3) is 4.90. The summed E-state index contributed by atoms with van der Waals surface area (Å²) in [5.41, 5.74) is 0.592. The van der Waals surface area contributed by atoms with Gasteiger partial charge >= 0.3 is 6.03 Å². The van der Waals surface area contributed by atoms with Crippen molar-refractivity contribution in [2.45, 2.75) is 25.3 Å². The van der Waals surface area contributed by atoms with Crippen LogP contribution in [0.2, 0.25) is 10.0 Å². The summed E-state index contributed by atoms with van der Waals surface area (Å²) in [5.74, 6) is 0. The molecule has 1 saturated heterocycles. The molecule has 19 heavy (non-hydrogen) atoms. The number of anilines is 1. The van der Waals surface area contributed by atoms with E-state index >= 15 is 0 Å². The van der Waals surface area contributed by atoms with Crippen LogP contribution >= 0.6 is 23.2 Å². The Bertz CT molecular complexity index is 427. The Hall–Kier alpha value is -0.970. The van der Waals surface area contributed by atoms with Gasteiger partial charge in [-0.3, -0.25) is 0 Å². The van der Waals surface area contributed by atoms with Gasteiger partial charge in [-0.2, -0.15) is 0 Å². The molecule has 0 saturated carbocycles. The van der Waals surface area contributed by atoms with E-state index in [9.17, 15) is 4.79 Å². The summed E-state index contributed by atoms with van der Waals surface area (Å²) in [4.78, 5) is 11.7. The number of benzene rings is 1. The fourth-order valence-electron chi connectivity index (χ4n) is 2.16. The van der Waals surface area contributed by atoms with E-state index in [0.717, 1.165) is 13.0 Å². The SMILES string of the molecule is O=C(NCC[C@@H]1CCCN1)Nc1cc(Cl)cc(Cl)c1. The molecule has 0 aliphatic carbocycles. The van der Waals surface area contributed by atoms with Crippen LogP contribution in [0.5, 0.6) is 0 Å². The lowest BCUT2D eigenvalue weighted by molar-refractivity contribution is 0.251. The van der Waals surface area contributed by atoms with Gasteiger partial charge in [-0.25, -0.2) is 4.79 Å². The third-order valence-corrected chi connectivity index (χ3v) is 3.50. The van der Waals surface area contributed by atoms with Crippen molar-refractivity contribution < 1.29 is 4.79 Å². The lowest BCUT2D eigenvalue weighted by Crippen LogP contribution is -2.33. The topological polar surface area (TPSA) is 53.2 Å². The molecule has 1 heterocycles. The molecule has 0 unspecified atom stereocenters. The van der Waals surface area contributed by atoms with Gasteiger partial charge in [0.2, 0.25) is 0 Å². The predicted octanol–water partition coefficient (Wildman–Crippen LogP) is 3.26. The molecule has 6 heteroatoms. The van der Waals surface area contributed by atoms with Gasteiger partial charge in [-0.05, 0) is 44.0 Å². The summed E-state index contributed by atoms with van der Waals surface area (Å²) < 4.78 is 0. The van der Waals surface area contributed by atoms with Crippen molar-refractivity contribution in [3.05, 3.63) is 28.2 Å². The van der Waals surface area contributed by atoms with Gasteiger partial charge in [0.15, 0.2) is 0 Å². The molecule has 1 aromatic rings. The standard InChI is InChI=1S/C13H17Cl2N3O/c14-9-6-10(15)8-12(7-9)18-13(19)17-5-3-11-2-1-4-16-11/h6-8,11,16H,1-5H2,(H2,17,18,19)/t11-/m0/s1. The first-order valence-corrected chi connectivity index (χ1v) is 7.13. The van der Waals surface area contributed by atoms with Crippen LogP contribution in [0.25, 0.3) is 0 Å². The van der Waals surface area contributed by atoms with E-state index in [0.29, 0.717) is 28.3 Å². The van der Waals surface area contributed by atoms with Crippen molar-refractivity contribution in [2.75, 3.05) is 18.4 Å². The van der Waals surface area contributed by atoms with E-state index in [4.69, 9.17) is 23.2 Å². The number of carbonyl (C=O) groups excluding carboxylic acids is 1. The van der Waals surface area contributed by atoms with Crippen molar-refractivity contribution in [2.24, 2.45) is 0 Å². The van der Waals surface area contributed by atoms with Crippen molar-refractivity contribution >= 4 is 34.9 Å². The maximum atomic E-state index is 11.7. The van der Waals surface area contributed by atoms with E-state index in [2.05, 4.69) is 16.0 Å². The zero-order valence-corrected chi connectivity index (χ0v) is 12.0. The molecule has 1 aliphatic heterocycles. The lowest BCUT2D eigenvalue weighted by Gasteiger charge is -2.11. The van der Waals surface area contributed by atoms with Crippen LogP contribution in [-0.4, -0.2) is 25.2 Å². The van der Waals surface area contributed by atoms with Crippen LogP contribution in [-0.2, 0) is 0 Å². The number of carbonyl (C=O) groups is 1. The molecule has 104 valence electrons. The van der Waals surface area contributed by atoms with E-state index in [1.165, 1.54) is 12.8 Å². The van der Waals surface area contributed by atoms with E-state index < -0.39 is 0 Å². The number of urea groups is 1. The third-order valence-electron chi connectivity index (χ3n) is 3.06. The quantitative estimate of drug-likeness (QED) is 0.799. The first-order valence-electron chi connectivity index (χ1n) is 6.38. The van der Waals surface area contributed by atoms with Crippen LogP contribution < -0.4 is 16.0 Å². The summed E-state index contributed by atoms with van der Waals surface area (Å²) in [5, 5.41) is 9.91. The molecule has 1 atom stereocenters. The van der Waals surface area contributed by atoms with Crippen molar-refractivity contribution in [1.29, 1.82) is 0 Å². The Balaban J connectivity index is 1.74. The molecule has 2 amide bonds. The zero-order chi connectivity index (χ0) is 13.7. The lowest BCUT2D eigenvalue weighted by atomic mass is 10.1. The number of halogens is 2. The van der Waals surface area contributed by atoms with Crippen LogP contribution in [0.1, 0.15) is 19.3 Å². The smallest absolute Gasteiger partial charge is 0.319 e. The Labute approximate surface area is 122 Å². The largest absolute Gasteiger partial charge is 0.338 e. The predicted molar refractivity (Wildman–Crippen MR) is 79.1 cm³/mol. The van der Waals surface area contributed by atoms with Gasteiger partial charge in [0.25, 0.3) is 0 Å². The molecule has 0 spiro atoms. The first kappa shape index (κ1) is 14.4. The summed E-state index contributed by atoms with van der Waals surface area (Å²) in [6.45, 7) is 1.73. The highest BCUT2D eigenvalue weighted by Gasteiger charge is 2.13. The molecule has 1 fully saturated rings. The number of hydrogen-bond acceptors (Lipinski definition) is 2. The van der Waals surface area contributed by atoms with Crippen LogP contribution in [0.3, 0.4) is 0 Å². The van der Waals surface area contributed by atoms with Gasteiger partial charge < -0.3 is 16.0 Å². The minimum absolute atomic E-state index is 0.240. The van der Waals surface area contributed by atoms with Crippen LogP contribution in [0.15, 0.2) is 18.2 Å². The van der Waals surface area contributed by atoms with Gasteiger partial charge in [0.05, 0.1) is 0 Å². The molecular formula is C13H17Cl2N3O. The fourth-order valence-corrected chi connectivity index (χ4v) is 2.69. The second kappa shape index (κ2) is 6.98. The maximum Gasteiger partial charge on any atom is 0.319 e. The number of amides is 2. The number of hydrogen-bond donors (Lipinski definition) is 3. The molecule has 0 radical (unpaired) electrons. The van der Waals surface area contributed by atoms with Gasteiger partial charge in [-0.15, -0.1) is 0 Å². The number of nitrogens with one attached hydrogen (secondary N) is 3. The molecule has 1 aliphatic rings. The average Bonchev–Trinajstić information content (AvgIpc) is 2.80. The summed E-state index contributed by atoms with van der Waals surface area (Å²) in [6, 6.07) is 5.23. The van der Waals surface area contributed by atoms with Crippen molar-refractivity contribution in [1.82, 2.24) is 10.6 Å². The number of rotatable bonds is 4. The second-order valence-corrected chi connectivity index (χ2v) is 5.49. The molecule has 0 aromatic heterocycles. The minimum atomic E-state index is -0.240. The normalized spacial score (nSPS) is 18.3. The van der Waals surface area contributed by atoms with E-state index in [1.54, 1.807) is 18.2 Å². The average molecular weight is 302 g/mol. The highest BCUT2D eigenvalue weighted by atomic mass is 35.5. The van der Waals surface area contributed by atoms with E-state index in [-0.39, 0.29) is 6.03 Å². The van der Waals surface area contributed by atoms with Gasteiger partial charge in [0.1, 0.15) is 0 Å². The monoisotopic (exact) mass is 301 g/mol. The molecule has 3 N–H and O–H groups in total. The van der Waals surface area contributed by atoms with E-state index in [1.807, 2.05) is 0 Å². The Morgan fingerprint density at radius 1 is 1.32 bits per heavy atom. The molecule has 0 bridgehead atoms. The Morgan fingerprint density at radius 2 is 2.05 bits per heavy atom. The van der Waals surface area contributed by atoms with Crippen LogP contribution in [0, 0.1) is 0 Å². The zero-order valence-electron chi connectivity index (χ0n) is 10.5. The maximum absolute atomic E-state index is 11.7. The van der Waals surface area contributed by atoms with Crippen LogP contribution in [0.4, 0.5) is 10.5 Å². The first-order chi connectivity index (χ1) is 9.13. The second-order valence-electron chi connectivity index (χ2n) is 4.62. The summed E-state index contributed by atoms with van der Waals surface area (Å²) in [6.07, 6.45) is 3.36. The Kier molecular flexibility index (Phi) is 5.31. The molecule has 2 rings (SSSR count). The molecular weight excluding hydrogens is 285 g/mol. The minimum Gasteiger partial charge on any atom is -0.338 e. The van der Waals surface area contributed by atoms with Gasteiger partial charge in [-0.1, -0.05) is 23.2 Å². The summed E-state index contributed by atoms with van der Waals surface area (Å²) >= 11 is 11.7. The Morgan fingerprint density at radius 3 is 2.68 bits per heavy atom. The molecule has 1 aromatic carbocycles. The molecule has 4 nitrogen and oxygen atoms in total. The van der Waals surface area contributed by atoms with Gasteiger partial charge in [0, 0.05) is 28.3 Å². The summed E-state index contributed by atoms with van der Waals surface area (Å²) in [7, 11) is 0. The fraction of sp³-hybridized carbons (Fsp3) is 0.462. The van der Waals surface area contributed by atoms with Crippen molar-refractivity contribution in [3.63, 3.8) is 0 Å². The van der Waals surface area contributed by atoms with Crippen molar-refractivity contribution in [3.8, 4) is 0 Å². The highest BCUT2D eigenvalue weighted by Crippen LogP contribution is 2.22. The highest BCUT2D eigenvalue weighted by molar-refractivity contribution is 6.35.